The van der Waals surface area contributed by atoms with Crippen LogP contribution in [0.25, 0.3) is 0 Å². The Kier molecular flexibility index (Phi) is 3.82. The second kappa shape index (κ2) is 5.48. The van der Waals surface area contributed by atoms with Crippen molar-refractivity contribution in [3.8, 4) is 10.9 Å². The highest BCUT2D eigenvalue weighted by atomic mass is 32.1. The molecule has 1 heterocycles. The zero-order chi connectivity index (χ0) is 15.0. The Morgan fingerprint density at radius 3 is 2.81 bits per heavy atom. The maximum atomic E-state index is 12.6. The Labute approximate surface area is 129 Å². The Morgan fingerprint density at radius 1 is 1.43 bits per heavy atom. The Morgan fingerprint density at radius 2 is 2.24 bits per heavy atom. The fourth-order valence-electron chi connectivity index (χ4n) is 4.00. The first kappa shape index (κ1) is 14.6. The lowest BCUT2D eigenvalue weighted by Crippen LogP contribution is -2.42. The van der Waals surface area contributed by atoms with Gasteiger partial charge in [0.15, 0.2) is 0 Å². The minimum absolute atomic E-state index is 0.157. The second-order valence-corrected chi connectivity index (χ2v) is 7.08. The van der Waals surface area contributed by atoms with E-state index in [2.05, 4.69) is 16.6 Å². The summed E-state index contributed by atoms with van der Waals surface area (Å²) in [5, 5.41) is 3.77. The normalized spacial score (nSPS) is 30.4. The van der Waals surface area contributed by atoms with Crippen LogP contribution in [-0.2, 0) is 11.3 Å². The van der Waals surface area contributed by atoms with Gasteiger partial charge >= 0.3 is 0 Å². The summed E-state index contributed by atoms with van der Waals surface area (Å²) >= 11 is 1.25. The lowest BCUT2D eigenvalue weighted by Gasteiger charge is -2.32. The van der Waals surface area contributed by atoms with Crippen molar-refractivity contribution in [3.63, 3.8) is 0 Å². The lowest BCUT2D eigenvalue weighted by molar-refractivity contribution is -0.133. The number of methoxy groups -OCH3 is 2. The molecule has 5 nitrogen and oxygen atoms in total. The molecule has 2 aliphatic carbocycles. The molecule has 3 atom stereocenters. The molecular formula is C15H22N2O3S. The summed E-state index contributed by atoms with van der Waals surface area (Å²) in [6, 6.07) is 0. The molecule has 1 aromatic rings. The van der Waals surface area contributed by atoms with Crippen LogP contribution in [0.4, 0.5) is 0 Å². The fourth-order valence-corrected chi connectivity index (χ4v) is 4.70. The molecule has 0 spiro atoms. The molecule has 1 amide bonds. The highest BCUT2D eigenvalue weighted by molar-refractivity contribution is 7.08. The van der Waals surface area contributed by atoms with Crippen molar-refractivity contribution in [3.05, 3.63) is 5.56 Å². The second-order valence-electron chi connectivity index (χ2n) is 6.34. The van der Waals surface area contributed by atoms with E-state index in [1.165, 1.54) is 30.8 Å². The molecule has 2 saturated carbocycles. The Bertz CT molecular complexity index is 524. The van der Waals surface area contributed by atoms with Crippen LogP contribution in [0.15, 0.2) is 0 Å². The standard InChI is InChI=1S/C15H22N2O3S/c1-15(7-9-4-5-10(15)6-9)14(18)16-8-11-12(19-2)17-21-13(11)20-3/h9-10H,4-8H2,1-3H3,(H,16,18). The molecule has 1 N–H and O–H groups in total. The SMILES string of the molecule is COc1nsc(OC)c1CNC(=O)C1(C)CC2CCC1C2. The molecule has 0 aromatic carbocycles. The summed E-state index contributed by atoms with van der Waals surface area (Å²) in [6.45, 7) is 2.53. The number of fused-ring (bicyclic) bond motifs is 2. The minimum atomic E-state index is -0.202. The van der Waals surface area contributed by atoms with Crippen molar-refractivity contribution in [2.24, 2.45) is 17.3 Å². The zero-order valence-electron chi connectivity index (χ0n) is 12.8. The fraction of sp³-hybridized carbons (Fsp3) is 0.733. The molecule has 116 valence electrons. The smallest absolute Gasteiger partial charge is 0.233 e. The maximum absolute atomic E-state index is 12.6. The van der Waals surface area contributed by atoms with E-state index >= 15 is 0 Å². The number of nitrogens with one attached hydrogen (secondary N) is 1. The van der Waals surface area contributed by atoms with Gasteiger partial charge in [0.1, 0.15) is 0 Å². The molecule has 2 aliphatic rings. The predicted octanol–water partition coefficient (Wildman–Crippen LogP) is 2.60. The number of amides is 1. The predicted molar refractivity (Wildman–Crippen MR) is 80.6 cm³/mol. The minimum Gasteiger partial charge on any atom is -0.486 e. The van der Waals surface area contributed by atoms with Crippen LogP contribution in [-0.4, -0.2) is 24.5 Å². The molecule has 6 heteroatoms. The topological polar surface area (TPSA) is 60.5 Å². The van der Waals surface area contributed by atoms with Gasteiger partial charge in [-0.1, -0.05) is 13.3 Å². The Balaban J connectivity index is 1.68. The average Bonchev–Trinajstić information content (AvgIpc) is 3.17. The monoisotopic (exact) mass is 310 g/mol. The van der Waals surface area contributed by atoms with Crippen molar-refractivity contribution >= 4 is 17.4 Å². The van der Waals surface area contributed by atoms with Gasteiger partial charge in [-0.3, -0.25) is 4.79 Å². The van der Waals surface area contributed by atoms with E-state index in [-0.39, 0.29) is 11.3 Å². The summed E-state index contributed by atoms with van der Waals surface area (Å²) in [5.41, 5.74) is 0.623. The molecule has 2 bridgehead atoms. The molecule has 0 aliphatic heterocycles. The van der Waals surface area contributed by atoms with Crippen LogP contribution in [0.3, 0.4) is 0 Å². The van der Waals surface area contributed by atoms with Crippen molar-refractivity contribution < 1.29 is 14.3 Å². The van der Waals surface area contributed by atoms with E-state index in [1.54, 1.807) is 14.2 Å². The van der Waals surface area contributed by atoms with Gasteiger partial charge in [-0.2, -0.15) is 4.37 Å². The van der Waals surface area contributed by atoms with Crippen LogP contribution in [0, 0.1) is 17.3 Å². The van der Waals surface area contributed by atoms with Crippen molar-refractivity contribution in [1.82, 2.24) is 9.69 Å². The summed E-state index contributed by atoms with van der Waals surface area (Å²) in [7, 11) is 3.19. The van der Waals surface area contributed by atoms with E-state index < -0.39 is 0 Å². The largest absolute Gasteiger partial charge is 0.486 e. The number of hydrogen-bond acceptors (Lipinski definition) is 5. The molecule has 2 fully saturated rings. The molecular weight excluding hydrogens is 288 g/mol. The van der Waals surface area contributed by atoms with Crippen LogP contribution in [0.1, 0.15) is 38.2 Å². The van der Waals surface area contributed by atoms with Crippen LogP contribution >= 0.6 is 11.5 Å². The number of hydrogen-bond donors (Lipinski definition) is 1. The first-order valence-corrected chi connectivity index (χ1v) is 8.20. The van der Waals surface area contributed by atoms with Crippen LogP contribution in [0.5, 0.6) is 10.9 Å². The van der Waals surface area contributed by atoms with E-state index in [0.717, 1.165) is 17.9 Å². The number of rotatable bonds is 5. The number of carbonyl (C=O) groups excluding carboxylic acids is 1. The molecule has 3 unspecified atom stereocenters. The van der Waals surface area contributed by atoms with Gasteiger partial charge in [0, 0.05) is 16.9 Å². The van der Waals surface area contributed by atoms with Gasteiger partial charge in [-0.15, -0.1) is 0 Å². The van der Waals surface area contributed by atoms with Crippen molar-refractivity contribution in [2.45, 2.75) is 39.2 Å². The van der Waals surface area contributed by atoms with E-state index in [9.17, 15) is 4.79 Å². The Hall–Kier alpha value is -1.30. The number of carbonyl (C=O) groups is 1. The third-order valence-electron chi connectivity index (χ3n) is 5.19. The number of ether oxygens (including phenoxy) is 2. The van der Waals surface area contributed by atoms with Gasteiger partial charge in [-0.05, 0) is 31.1 Å². The zero-order valence-corrected chi connectivity index (χ0v) is 13.6. The molecule has 3 rings (SSSR count). The van der Waals surface area contributed by atoms with Crippen LogP contribution in [0.2, 0.25) is 0 Å². The summed E-state index contributed by atoms with van der Waals surface area (Å²) in [4.78, 5) is 12.6. The first-order chi connectivity index (χ1) is 10.1. The lowest BCUT2D eigenvalue weighted by atomic mass is 9.74. The molecule has 0 radical (unpaired) electrons. The summed E-state index contributed by atoms with van der Waals surface area (Å²) in [5.74, 6) is 1.99. The van der Waals surface area contributed by atoms with Gasteiger partial charge < -0.3 is 14.8 Å². The quantitative estimate of drug-likeness (QED) is 0.908. The van der Waals surface area contributed by atoms with Gasteiger partial charge in [0.25, 0.3) is 0 Å². The molecule has 0 saturated heterocycles. The molecule has 1 aromatic heterocycles. The maximum Gasteiger partial charge on any atom is 0.233 e. The third kappa shape index (κ3) is 2.39. The summed E-state index contributed by atoms with van der Waals surface area (Å²) < 4.78 is 14.7. The van der Waals surface area contributed by atoms with E-state index in [0.29, 0.717) is 23.4 Å². The van der Waals surface area contributed by atoms with Crippen molar-refractivity contribution in [2.75, 3.05) is 14.2 Å². The van der Waals surface area contributed by atoms with E-state index in [4.69, 9.17) is 9.47 Å². The highest BCUT2D eigenvalue weighted by Crippen LogP contribution is 2.55. The molecule has 21 heavy (non-hydrogen) atoms. The highest BCUT2D eigenvalue weighted by Gasteiger charge is 2.52. The summed E-state index contributed by atoms with van der Waals surface area (Å²) in [6.07, 6.45) is 4.74. The first-order valence-electron chi connectivity index (χ1n) is 7.43. The van der Waals surface area contributed by atoms with Gasteiger partial charge in [-0.25, -0.2) is 0 Å². The van der Waals surface area contributed by atoms with E-state index in [1.807, 2.05) is 0 Å². The third-order valence-corrected chi connectivity index (χ3v) is 6.03. The van der Waals surface area contributed by atoms with Gasteiger partial charge in [0.05, 0.1) is 26.3 Å². The van der Waals surface area contributed by atoms with Gasteiger partial charge in [0.2, 0.25) is 16.9 Å². The van der Waals surface area contributed by atoms with Crippen molar-refractivity contribution in [1.29, 1.82) is 0 Å². The number of aromatic nitrogens is 1. The average molecular weight is 310 g/mol. The van der Waals surface area contributed by atoms with Crippen LogP contribution < -0.4 is 14.8 Å². The number of nitrogens with zero attached hydrogens (tertiary/aromatic N) is 1.